The summed E-state index contributed by atoms with van der Waals surface area (Å²) in [4.78, 5) is 48.8. The van der Waals surface area contributed by atoms with E-state index in [9.17, 15) is 27.6 Å². The summed E-state index contributed by atoms with van der Waals surface area (Å²) in [5.74, 6) is 0.755. The fourth-order valence-corrected chi connectivity index (χ4v) is 7.29. The lowest BCUT2D eigenvalue weighted by Crippen LogP contribution is -2.52. The zero-order valence-electron chi connectivity index (χ0n) is 28.7. The number of piperidine rings is 1. The topological polar surface area (TPSA) is 123 Å². The van der Waals surface area contributed by atoms with Crippen LogP contribution in [0.4, 0.5) is 19.0 Å². The molecule has 11 nitrogen and oxygen atoms in total. The number of alkyl halides is 3. The van der Waals surface area contributed by atoms with Crippen LogP contribution in [-0.2, 0) is 27.0 Å². The van der Waals surface area contributed by atoms with Gasteiger partial charge in [-0.05, 0) is 72.1 Å². The van der Waals surface area contributed by atoms with E-state index in [-0.39, 0.29) is 61.8 Å². The number of carbonyl (C=O) groups is 3. The summed E-state index contributed by atoms with van der Waals surface area (Å²) in [6.07, 6.45) is -2.55. The van der Waals surface area contributed by atoms with E-state index in [1.54, 1.807) is 60.8 Å². The lowest BCUT2D eigenvalue weighted by Gasteiger charge is -2.29. The quantitative estimate of drug-likeness (QED) is 0.115. The summed E-state index contributed by atoms with van der Waals surface area (Å²) in [5.41, 5.74) is 2.02. The molecule has 0 aliphatic carbocycles. The Labute approximate surface area is 306 Å². The van der Waals surface area contributed by atoms with Crippen LogP contribution in [0.3, 0.4) is 0 Å². The molecule has 0 spiro atoms. The molecule has 1 atom stereocenters. The van der Waals surface area contributed by atoms with Gasteiger partial charge in [-0.3, -0.25) is 19.7 Å². The third-order valence-corrected chi connectivity index (χ3v) is 9.99. The maximum absolute atomic E-state index is 14.3. The van der Waals surface area contributed by atoms with Crippen molar-refractivity contribution in [2.24, 2.45) is 0 Å². The van der Waals surface area contributed by atoms with Gasteiger partial charge < -0.3 is 24.0 Å². The van der Waals surface area contributed by atoms with Gasteiger partial charge in [0.25, 0.3) is 5.91 Å². The number of ether oxygens (including phenoxy) is 3. The highest BCUT2D eigenvalue weighted by molar-refractivity contribution is 7.21. The Hall–Kier alpha value is -5.54. The third-order valence-electron chi connectivity index (χ3n) is 8.94. The number of pyridine rings is 1. The molecule has 1 saturated heterocycles. The number of anilines is 1. The molecule has 1 fully saturated rings. The van der Waals surface area contributed by atoms with Crippen molar-refractivity contribution in [3.63, 3.8) is 0 Å². The van der Waals surface area contributed by atoms with E-state index < -0.39 is 23.7 Å². The molecule has 7 rings (SSSR count). The Kier molecular flexibility index (Phi) is 10.0. The smallest absolute Gasteiger partial charge is 0.417 e. The van der Waals surface area contributed by atoms with Crippen molar-refractivity contribution in [3.8, 4) is 33.2 Å². The van der Waals surface area contributed by atoms with Gasteiger partial charge in [0.1, 0.15) is 41.6 Å². The molecule has 2 aliphatic heterocycles. The van der Waals surface area contributed by atoms with Crippen molar-refractivity contribution >= 4 is 45.1 Å². The Morgan fingerprint density at radius 2 is 1.60 bits per heavy atom. The highest BCUT2D eigenvalue weighted by Gasteiger charge is 2.39. The first-order valence-corrected chi connectivity index (χ1v) is 17.6. The maximum atomic E-state index is 14.3. The number of thiazole rings is 1. The summed E-state index contributed by atoms with van der Waals surface area (Å²) < 4.78 is 60.8. The highest BCUT2D eigenvalue weighted by Crippen LogP contribution is 2.42. The first-order valence-electron chi connectivity index (χ1n) is 16.8. The van der Waals surface area contributed by atoms with Gasteiger partial charge in [-0.2, -0.15) is 13.2 Å². The molecule has 0 bridgehead atoms. The number of fused-ring (bicyclic) bond motifs is 2. The summed E-state index contributed by atoms with van der Waals surface area (Å²) in [7, 11) is 3.68. The standard InChI is InChI=1S/C38H34F3N5O6S/c1-45(2)33-11-4-23(20-42-33)22-3-7-28(29(18-22)38(39,40)41)36-43-30-9-6-26(19-32(30)53-36)52-16-14-50-13-15-51-25-5-8-27-24(17-25)21-46(37(27)49)31-10-12-34(47)44-35(31)48/h3-9,11,17-20,31H,10,12-16,21H2,1-2H3,(H,44,47,48). The number of imide groups is 1. The molecule has 0 saturated carbocycles. The summed E-state index contributed by atoms with van der Waals surface area (Å²) in [5, 5.41) is 2.55. The second kappa shape index (κ2) is 14.8. The number of hydrogen-bond donors (Lipinski definition) is 1. The first kappa shape index (κ1) is 35.8. The fourth-order valence-electron chi connectivity index (χ4n) is 6.26. The van der Waals surface area contributed by atoms with Gasteiger partial charge in [0, 0.05) is 49.9 Å². The molecular formula is C38H34F3N5O6S. The molecule has 3 aromatic carbocycles. The number of aromatic nitrogens is 2. The zero-order valence-corrected chi connectivity index (χ0v) is 29.6. The van der Waals surface area contributed by atoms with E-state index in [4.69, 9.17) is 14.2 Å². The minimum Gasteiger partial charge on any atom is -0.491 e. The van der Waals surface area contributed by atoms with Gasteiger partial charge in [-0.25, -0.2) is 9.97 Å². The summed E-state index contributed by atoms with van der Waals surface area (Å²) >= 11 is 1.16. The minimum atomic E-state index is -4.59. The van der Waals surface area contributed by atoms with Crippen LogP contribution in [0.15, 0.2) is 72.9 Å². The van der Waals surface area contributed by atoms with Crippen molar-refractivity contribution in [2.75, 3.05) is 45.4 Å². The SMILES string of the molecule is CN(C)c1ccc(-c2ccc(-c3nc4ccc(OCCOCCOc5ccc6c(c5)CN(C5CCC(=O)NC5=O)C6=O)cc4s3)c(C(F)(F)F)c2)cn1. The molecule has 5 aromatic rings. The van der Waals surface area contributed by atoms with Gasteiger partial charge in [-0.1, -0.05) is 12.1 Å². The van der Waals surface area contributed by atoms with Crippen LogP contribution in [0.5, 0.6) is 11.5 Å². The molecule has 1 N–H and O–H groups in total. The highest BCUT2D eigenvalue weighted by atomic mass is 32.1. The molecule has 2 aliphatic rings. The number of rotatable bonds is 12. The summed E-state index contributed by atoms with van der Waals surface area (Å²) in [6.45, 7) is 1.28. The Morgan fingerprint density at radius 1 is 0.887 bits per heavy atom. The van der Waals surface area contributed by atoms with E-state index in [1.165, 1.54) is 11.0 Å². The molecular weight excluding hydrogens is 712 g/mol. The molecule has 1 unspecified atom stereocenters. The van der Waals surface area contributed by atoms with Crippen LogP contribution < -0.4 is 19.7 Å². The lowest BCUT2D eigenvalue weighted by atomic mass is 10.00. The lowest BCUT2D eigenvalue weighted by molar-refractivity contribution is -0.138. The van der Waals surface area contributed by atoms with Crippen LogP contribution in [-0.4, -0.2) is 79.2 Å². The van der Waals surface area contributed by atoms with Crippen LogP contribution in [0.25, 0.3) is 31.9 Å². The number of hydrogen-bond acceptors (Lipinski definition) is 10. The second-order valence-electron chi connectivity index (χ2n) is 12.7. The molecule has 4 heterocycles. The monoisotopic (exact) mass is 745 g/mol. The molecule has 15 heteroatoms. The molecule has 274 valence electrons. The van der Waals surface area contributed by atoms with Crippen LogP contribution in [0, 0.1) is 0 Å². The molecule has 0 radical (unpaired) electrons. The number of amides is 3. The second-order valence-corrected chi connectivity index (χ2v) is 13.8. The first-order chi connectivity index (χ1) is 25.4. The predicted octanol–water partition coefficient (Wildman–Crippen LogP) is 6.35. The van der Waals surface area contributed by atoms with Crippen LogP contribution >= 0.6 is 11.3 Å². The zero-order chi connectivity index (χ0) is 37.3. The van der Waals surface area contributed by atoms with E-state index in [1.807, 2.05) is 19.0 Å². The minimum absolute atomic E-state index is 0.000911. The largest absolute Gasteiger partial charge is 0.491 e. The molecule has 53 heavy (non-hydrogen) atoms. The molecule has 3 amide bonds. The van der Waals surface area contributed by atoms with Gasteiger partial charge in [-0.15, -0.1) is 11.3 Å². The number of benzene rings is 3. The van der Waals surface area contributed by atoms with Gasteiger partial charge in [0.15, 0.2) is 0 Å². The Morgan fingerprint density at radius 3 is 2.30 bits per heavy atom. The normalized spacial score (nSPS) is 15.8. The Bertz CT molecular complexity index is 2190. The fraction of sp³-hybridized carbons (Fsp3) is 0.289. The third kappa shape index (κ3) is 7.81. The van der Waals surface area contributed by atoms with Crippen LogP contribution in [0.1, 0.15) is 34.3 Å². The van der Waals surface area contributed by atoms with Gasteiger partial charge >= 0.3 is 6.18 Å². The molecule has 2 aromatic heterocycles. The number of nitrogens with one attached hydrogen (secondary N) is 1. The van der Waals surface area contributed by atoms with Gasteiger partial charge in [0.05, 0.1) is 29.0 Å². The van der Waals surface area contributed by atoms with E-state index in [0.717, 1.165) is 23.0 Å². The Balaban J connectivity index is 0.905. The van der Waals surface area contributed by atoms with Crippen molar-refractivity contribution in [3.05, 3.63) is 89.6 Å². The van der Waals surface area contributed by atoms with Crippen molar-refractivity contribution in [2.45, 2.75) is 31.6 Å². The predicted molar refractivity (Wildman–Crippen MR) is 192 cm³/mol. The average molecular weight is 746 g/mol. The average Bonchev–Trinajstić information content (AvgIpc) is 3.70. The maximum Gasteiger partial charge on any atom is 0.417 e. The van der Waals surface area contributed by atoms with E-state index >= 15 is 0 Å². The van der Waals surface area contributed by atoms with E-state index in [0.29, 0.717) is 50.6 Å². The van der Waals surface area contributed by atoms with E-state index in [2.05, 4.69) is 15.3 Å². The van der Waals surface area contributed by atoms with Gasteiger partial charge in [0.2, 0.25) is 11.8 Å². The number of nitrogens with zero attached hydrogens (tertiary/aromatic N) is 4. The van der Waals surface area contributed by atoms with Crippen LogP contribution in [0.2, 0.25) is 0 Å². The number of carbonyl (C=O) groups excluding carboxylic acids is 3. The van der Waals surface area contributed by atoms with Crippen molar-refractivity contribution in [1.82, 2.24) is 20.2 Å². The number of halogens is 3. The summed E-state index contributed by atoms with van der Waals surface area (Å²) in [6, 6.07) is 17.4. The van der Waals surface area contributed by atoms with Crippen molar-refractivity contribution in [1.29, 1.82) is 0 Å². The van der Waals surface area contributed by atoms with Crippen molar-refractivity contribution < 1.29 is 41.8 Å².